The zero-order chi connectivity index (χ0) is 12.7. The van der Waals surface area contributed by atoms with Gasteiger partial charge in [0.1, 0.15) is 0 Å². The molecule has 0 radical (unpaired) electrons. The number of rotatable bonds is 7. The monoisotopic (exact) mass is 298 g/mol. The summed E-state index contributed by atoms with van der Waals surface area (Å²) in [5, 5.41) is 3.57. The Balaban J connectivity index is 2.40. The molecule has 0 aliphatic carbocycles. The number of nitrogens with one attached hydrogen (secondary N) is 1. The number of halogens is 1. The summed E-state index contributed by atoms with van der Waals surface area (Å²) in [5.41, 5.74) is 1.33. The predicted molar refractivity (Wildman–Crippen MR) is 78.3 cm³/mol. The molecule has 0 aliphatic rings. The normalized spacial score (nSPS) is 13.0. The van der Waals surface area contributed by atoms with Crippen molar-refractivity contribution in [3.8, 4) is 0 Å². The molecule has 0 bridgehead atoms. The van der Waals surface area contributed by atoms with Gasteiger partial charge < -0.3 is 10.2 Å². The van der Waals surface area contributed by atoms with Gasteiger partial charge in [0.2, 0.25) is 0 Å². The molecule has 0 amide bonds. The first kappa shape index (κ1) is 14.7. The van der Waals surface area contributed by atoms with Crippen molar-refractivity contribution in [2.45, 2.75) is 26.8 Å². The fourth-order valence-corrected chi connectivity index (χ4v) is 2.54. The van der Waals surface area contributed by atoms with Crippen LogP contribution in [-0.2, 0) is 0 Å². The minimum absolute atomic E-state index is 0.390. The molecular formula is C14H23BrN2. The van der Waals surface area contributed by atoms with Crippen LogP contribution in [0.1, 0.15) is 32.4 Å². The molecule has 1 aromatic carbocycles. The highest BCUT2D eigenvalue weighted by molar-refractivity contribution is 9.10. The van der Waals surface area contributed by atoms with Gasteiger partial charge in [0.15, 0.2) is 0 Å². The van der Waals surface area contributed by atoms with Gasteiger partial charge in [-0.3, -0.25) is 0 Å². The van der Waals surface area contributed by atoms with Crippen molar-refractivity contribution in [1.29, 1.82) is 0 Å². The second kappa shape index (κ2) is 7.85. The summed E-state index contributed by atoms with van der Waals surface area (Å²) in [6.45, 7) is 11.0. The van der Waals surface area contributed by atoms with Gasteiger partial charge in [-0.15, -0.1) is 0 Å². The Bertz CT molecular complexity index is 324. The molecule has 0 spiro atoms. The van der Waals surface area contributed by atoms with E-state index >= 15 is 0 Å². The quantitative estimate of drug-likeness (QED) is 0.829. The molecule has 1 atom stereocenters. The molecule has 1 N–H and O–H groups in total. The van der Waals surface area contributed by atoms with E-state index in [9.17, 15) is 0 Å². The Labute approximate surface area is 114 Å². The minimum atomic E-state index is 0.390. The number of likely N-dealkylation sites (N-methyl/N-ethyl adjacent to an activating group) is 1. The summed E-state index contributed by atoms with van der Waals surface area (Å²) in [6, 6.07) is 8.79. The van der Waals surface area contributed by atoms with E-state index in [0.29, 0.717) is 6.04 Å². The zero-order valence-electron chi connectivity index (χ0n) is 11.0. The largest absolute Gasteiger partial charge is 0.309 e. The van der Waals surface area contributed by atoms with Crippen molar-refractivity contribution < 1.29 is 0 Å². The van der Waals surface area contributed by atoms with E-state index in [0.717, 1.165) is 26.2 Å². The smallest absolute Gasteiger partial charge is 0.0303 e. The lowest BCUT2D eigenvalue weighted by Gasteiger charge is -2.21. The lowest BCUT2D eigenvalue weighted by Crippen LogP contribution is -2.33. The van der Waals surface area contributed by atoms with Crippen molar-refractivity contribution >= 4 is 15.9 Å². The highest BCUT2D eigenvalue weighted by atomic mass is 79.9. The summed E-state index contributed by atoms with van der Waals surface area (Å²) in [6.07, 6.45) is 0. The van der Waals surface area contributed by atoms with Crippen molar-refractivity contribution in [3.63, 3.8) is 0 Å². The highest BCUT2D eigenvalue weighted by Gasteiger charge is 2.08. The lowest BCUT2D eigenvalue weighted by atomic mass is 10.1. The minimum Gasteiger partial charge on any atom is -0.309 e. The molecule has 0 aliphatic heterocycles. The summed E-state index contributed by atoms with van der Waals surface area (Å²) >= 11 is 3.59. The van der Waals surface area contributed by atoms with E-state index in [1.165, 1.54) is 10.0 Å². The molecule has 17 heavy (non-hydrogen) atoms. The van der Waals surface area contributed by atoms with Gasteiger partial charge in [0, 0.05) is 23.6 Å². The van der Waals surface area contributed by atoms with E-state index in [1.807, 2.05) is 0 Å². The molecule has 2 nitrogen and oxygen atoms in total. The number of benzene rings is 1. The van der Waals surface area contributed by atoms with Crippen LogP contribution >= 0.6 is 15.9 Å². The van der Waals surface area contributed by atoms with E-state index in [4.69, 9.17) is 0 Å². The molecule has 0 saturated carbocycles. The first-order valence-electron chi connectivity index (χ1n) is 6.39. The SMILES string of the molecule is CCN(CC)CCN[C@@H](C)c1ccccc1Br. The van der Waals surface area contributed by atoms with Crippen molar-refractivity contribution in [2.24, 2.45) is 0 Å². The summed E-state index contributed by atoms with van der Waals surface area (Å²) in [7, 11) is 0. The maximum absolute atomic E-state index is 3.59. The Kier molecular flexibility index (Phi) is 6.78. The standard InChI is InChI=1S/C14H23BrN2/c1-4-17(5-2)11-10-16-12(3)13-8-6-7-9-14(13)15/h6-9,12,16H,4-5,10-11H2,1-3H3/t12-/m0/s1. The third kappa shape index (κ3) is 4.78. The second-order valence-electron chi connectivity index (χ2n) is 4.22. The average Bonchev–Trinajstić information content (AvgIpc) is 2.35. The molecule has 1 rings (SSSR count). The van der Waals surface area contributed by atoms with Gasteiger partial charge in [0.25, 0.3) is 0 Å². The van der Waals surface area contributed by atoms with Crippen LogP contribution in [0.2, 0.25) is 0 Å². The average molecular weight is 299 g/mol. The van der Waals surface area contributed by atoms with Crippen molar-refractivity contribution in [3.05, 3.63) is 34.3 Å². The summed E-state index contributed by atoms with van der Waals surface area (Å²) < 4.78 is 1.18. The van der Waals surface area contributed by atoms with E-state index in [2.05, 4.69) is 71.2 Å². The van der Waals surface area contributed by atoms with Crippen molar-refractivity contribution in [1.82, 2.24) is 10.2 Å². The van der Waals surface area contributed by atoms with Crippen LogP contribution in [0.15, 0.2) is 28.7 Å². The topological polar surface area (TPSA) is 15.3 Å². The van der Waals surface area contributed by atoms with Gasteiger partial charge in [-0.1, -0.05) is 48.0 Å². The van der Waals surface area contributed by atoms with Crippen LogP contribution in [-0.4, -0.2) is 31.1 Å². The van der Waals surface area contributed by atoms with Gasteiger partial charge in [-0.05, 0) is 31.6 Å². The van der Waals surface area contributed by atoms with Gasteiger partial charge in [0.05, 0.1) is 0 Å². The first-order valence-corrected chi connectivity index (χ1v) is 7.18. The molecule has 0 saturated heterocycles. The van der Waals surface area contributed by atoms with Gasteiger partial charge in [-0.25, -0.2) is 0 Å². The third-order valence-electron chi connectivity index (χ3n) is 3.14. The van der Waals surface area contributed by atoms with Crippen LogP contribution in [0.3, 0.4) is 0 Å². The maximum Gasteiger partial charge on any atom is 0.0303 e. The fraction of sp³-hybridized carbons (Fsp3) is 0.571. The number of hydrogen-bond donors (Lipinski definition) is 1. The molecule has 1 aromatic rings. The zero-order valence-corrected chi connectivity index (χ0v) is 12.6. The molecule has 96 valence electrons. The van der Waals surface area contributed by atoms with Gasteiger partial charge in [-0.2, -0.15) is 0 Å². The molecular weight excluding hydrogens is 276 g/mol. The maximum atomic E-state index is 3.59. The van der Waals surface area contributed by atoms with E-state index < -0.39 is 0 Å². The Morgan fingerprint density at radius 3 is 2.47 bits per heavy atom. The molecule has 0 unspecified atom stereocenters. The van der Waals surface area contributed by atoms with Crippen LogP contribution in [0.4, 0.5) is 0 Å². The third-order valence-corrected chi connectivity index (χ3v) is 3.87. The Hall–Kier alpha value is -0.380. The van der Waals surface area contributed by atoms with Crippen LogP contribution in [0.5, 0.6) is 0 Å². The van der Waals surface area contributed by atoms with Gasteiger partial charge >= 0.3 is 0 Å². The van der Waals surface area contributed by atoms with Crippen LogP contribution in [0, 0.1) is 0 Å². The lowest BCUT2D eigenvalue weighted by molar-refractivity contribution is 0.298. The molecule has 0 fully saturated rings. The summed E-state index contributed by atoms with van der Waals surface area (Å²) in [4.78, 5) is 2.43. The number of nitrogens with zero attached hydrogens (tertiary/aromatic N) is 1. The predicted octanol–water partition coefficient (Wildman–Crippen LogP) is 3.44. The van der Waals surface area contributed by atoms with Crippen molar-refractivity contribution in [2.75, 3.05) is 26.2 Å². The Morgan fingerprint density at radius 1 is 1.24 bits per heavy atom. The van der Waals surface area contributed by atoms with E-state index in [-0.39, 0.29) is 0 Å². The fourth-order valence-electron chi connectivity index (χ4n) is 1.92. The highest BCUT2D eigenvalue weighted by Crippen LogP contribution is 2.22. The number of hydrogen-bond acceptors (Lipinski definition) is 2. The molecule has 0 heterocycles. The van der Waals surface area contributed by atoms with Crippen LogP contribution < -0.4 is 5.32 Å². The molecule has 0 aromatic heterocycles. The molecule has 3 heteroatoms. The second-order valence-corrected chi connectivity index (χ2v) is 5.08. The summed E-state index contributed by atoms with van der Waals surface area (Å²) in [5.74, 6) is 0. The van der Waals surface area contributed by atoms with E-state index in [1.54, 1.807) is 0 Å². The Morgan fingerprint density at radius 2 is 1.88 bits per heavy atom. The first-order chi connectivity index (χ1) is 8.19. The van der Waals surface area contributed by atoms with Crippen LogP contribution in [0.25, 0.3) is 0 Å².